The van der Waals surface area contributed by atoms with Crippen LogP contribution in [0.2, 0.25) is 0 Å². The number of nitro benzene ring substituents is 1. The van der Waals surface area contributed by atoms with Crippen molar-refractivity contribution >= 4 is 46.3 Å². The van der Waals surface area contributed by atoms with Crippen LogP contribution in [-0.2, 0) is 11.3 Å². The van der Waals surface area contributed by atoms with Crippen LogP contribution < -0.4 is 5.32 Å². The molecule has 3 aromatic carbocycles. The van der Waals surface area contributed by atoms with Crippen molar-refractivity contribution in [1.82, 2.24) is 14.8 Å². The fraction of sp³-hybridized carbons (Fsp3) is 0.242. The minimum absolute atomic E-state index is 0.0177. The van der Waals surface area contributed by atoms with Gasteiger partial charge in [-0.1, -0.05) is 65.9 Å². The summed E-state index contributed by atoms with van der Waals surface area (Å²) in [5.41, 5.74) is 6.37. The first kappa shape index (κ1) is 29.2. The summed E-state index contributed by atoms with van der Waals surface area (Å²) in [6.07, 6.45) is 3.44. The number of hydrogen-bond acceptors (Lipinski definition) is 7. The highest BCUT2D eigenvalue weighted by Gasteiger charge is 2.36. The quantitative estimate of drug-likeness (QED) is 0.171. The molecule has 1 fully saturated rings. The van der Waals surface area contributed by atoms with E-state index >= 15 is 0 Å². The third-order valence-corrected chi connectivity index (χ3v) is 9.17. The maximum atomic E-state index is 12.3. The number of non-ortho nitro benzene ring substituents is 1. The Bertz CT molecular complexity index is 1710. The number of thiazole rings is 1. The highest BCUT2D eigenvalue weighted by atomic mass is 32.1. The topological polar surface area (TPSA) is 129 Å². The normalized spacial score (nSPS) is 16.6. The Morgan fingerprint density at radius 1 is 1.02 bits per heavy atom. The molecule has 6 rings (SSSR count). The number of benzene rings is 3. The van der Waals surface area contributed by atoms with E-state index < -0.39 is 11.0 Å². The van der Waals surface area contributed by atoms with E-state index in [2.05, 4.69) is 39.5 Å². The molecule has 2 heterocycles. The third kappa shape index (κ3) is 6.10. The zero-order valence-electron chi connectivity index (χ0n) is 24.1. The number of hydrogen-bond donors (Lipinski definition) is 2. The molecule has 0 saturated carbocycles. The molecular formula is C33H31N5O5S. The number of carboxylic acid groups (broad SMARTS) is 1. The monoisotopic (exact) mass is 609 g/mol. The average Bonchev–Trinajstić information content (AvgIpc) is 3.53. The maximum absolute atomic E-state index is 12.3. The predicted octanol–water partition coefficient (Wildman–Crippen LogP) is 6.55. The summed E-state index contributed by atoms with van der Waals surface area (Å²) in [5.74, 6) is -0.118. The molecule has 2 aliphatic rings. The van der Waals surface area contributed by atoms with Crippen molar-refractivity contribution in [2.75, 3.05) is 25.0 Å². The number of rotatable bonds is 8. The van der Waals surface area contributed by atoms with Gasteiger partial charge in [-0.15, -0.1) is 0 Å². The first-order valence-corrected chi connectivity index (χ1v) is 15.2. The summed E-state index contributed by atoms with van der Waals surface area (Å²) in [7, 11) is 0. The van der Waals surface area contributed by atoms with Gasteiger partial charge in [-0.3, -0.25) is 19.8 Å². The van der Waals surface area contributed by atoms with Crippen LogP contribution in [0.15, 0.2) is 72.8 Å². The number of carbonyl (C=O) groups is 2. The van der Waals surface area contributed by atoms with Crippen LogP contribution in [0, 0.1) is 10.1 Å². The van der Waals surface area contributed by atoms with E-state index in [0.29, 0.717) is 43.4 Å². The van der Waals surface area contributed by atoms with Crippen molar-refractivity contribution < 1.29 is 19.6 Å². The molecule has 1 atom stereocenters. The fourth-order valence-electron chi connectivity index (χ4n) is 6.20. The molecule has 1 aliphatic heterocycles. The average molecular weight is 610 g/mol. The molecular weight excluding hydrogens is 578 g/mol. The van der Waals surface area contributed by atoms with E-state index in [1.165, 1.54) is 52.6 Å². The van der Waals surface area contributed by atoms with Gasteiger partial charge in [-0.05, 0) is 52.4 Å². The number of aromatic nitrogens is 1. The van der Waals surface area contributed by atoms with Crippen molar-refractivity contribution in [2.24, 2.45) is 0 Å². The number of carbonyl (C=O) groups excluding carboxylic acids is 1. The van der Waals surface area contributed by atoms with Crippen molar-refractivity contribution in [3.63, 3.8) is 0 Å². The number of nitro groups is 1. The summed E-state index contributed by atoms with van der Waals surface area (Å²) in [6.45, 7) is 3.49. The fourth-order valence-corrected chi connectivity index (χ4v) is 7.24. The Kier molecular flexibility index (Phi) is 8.23. The zero-order valence-corrected chi connectivity index (χ0v) is 24.9. The minimum atomic E-state index is -0.910. The van der Waals surface area contributed by atoms with Gasteiger partial charge in [0, 0.05) is 62.1 Å². The number of nitrogens with one attached hydrogen (secondary N) is 1. The second-order valence-corrected chi connectivity index (χ2v) is 12.1. The number of piperazine rings is 1. The van der Waals surface area contributed by atoms with Gasteiger partial charge < -0.3 is 15.3 Å². The molecule has 0 radical (unpaired) electrons. The van der Waals surface area contributed by atoms with Crippen molar-refractivity contribution in [1.29, 1.82) is 0 Å². The molecule has 2 amide bonds. The maximum Gasteiger partial charge on any atom is 0.407 e. The van der Waals surface area contributed by atoms with E-state index in [0.717, 1.165) is 10.4 Å². The van der Waals surface area contributed by atoms with Gasteiger partial charge in [-0.2, -0.15) is 0 Å². The van der Waals surface area contributed by atoms with Crippen LogP contribution in [0.3, 0.4) is 0 Å². The van der Waals surface area contributed by atoms with Crippen LogP contribution in [0.5, 0.6) is 0 Å². The summed E-state index contributed by atoms with van der Waals surface area (Å²) < 4.78 is 0. The van der Waals surface area contributed by atoms with Gasteiger partial charge in [0.15, 0.2) is 5.13 Å². The van der Waals surface area contributed by atoms with Gasteiger partial charge >= 0.3 is 6.09 Å². The Morgan fingerprint density at radius 2 is 1.68 bits per heavy atom. The molecule has 2 N–H and O–H groups in total. The Labute approximate surface area is 258 Å². The number of anilines is 1. The molecule has 11 heteroatoms. The largest absolute Gasteiger partial charge is 0.465 e. The zero-order chi connectivity index (χ0) is 30.8. The van der Waals surface area contributed by atoms with E-state index in [1.807, 2.05) is 36.4 Å². The molecule has 0 spiro atoms. The third-order valence-electron chi connectivity index (χ3n) is 8.20. The van der Waals surface area contributed by atoms with Gasteiger partial charge in [0.25, 0.3) is 5.69 Å². The Morgan fingerprint density at radius 3 is 2.30 bits per heavy atom. The minimum Gasteiger partial charge on any atom is -0.465 e. The molecule has 1 aromatic heterocycles. The van der Waals surface area contributed by atoms with Crippen molar-refractivity contribution in [3.05, 3.63) is 110 Å². The molecule has 10 nitrogen and oxygen atoms in total. The Hall–Kier alpha value is -4.87. The molecule has 1 aliphatic carbocycles. The SMILES string of the molecule is CC(=O)Nc1nc(C=Cc2ccc([N+](=O)[O-])cc2)c(CN2CCN(C(=O)O)C(CC3c4ccccc4-c4ccccc43)C2)s1. The first-order chi connectivity index (χ1) is 21.3. The number of nitrogens with zero attached hydrogens (tertiary/aromatic N) is 4. The van der Waals surface area contributed by atoms with E-state index in [4.69, 9.17) is 0 Å². The van der Waals surface area contributed by atoms with Gasteiger partial charge in [0.1, 0.15) is 0 Å². The lowest BCUT2D eigenvalue weighted by molar-refractivity contribution is -0.384. The van der Waals surface area contributed by atoms with Crippen LogP contribution in [-0.4, -0.2) is 62.5 Å². The predicted molar refractivity (Wildman–Crippen MR) is 171 cm³/mol. The second-order valence-electron chi connectivity index (χ2n) is 11.0. The number of amides is 2. The summed E-state index contributed by atoms with van der Waals surface area (Å²) in [5, 5.41) is 24.4. The Balaban J connectivity index is 1.24. The van der Waals surface area contributed by atoms with Gasteiger partial charge in [-0.25, -0.2) is 9.78 Å². The lowest BCUT2D eigenvalue weighted by atomic mass is 9.89. The van der Waals surface area contributed by atoms with Crippen molar-refractivity contribution in [2.45, 2.75) is 31.8 Å². The van der Waals surface area contributed by atoms with E-state index in [-0.39, 0.29) is 23.6 Å². The van der Waals surface area contributed by atoms with E-state index in [1.54, 1.807) is 17.0 Å². The lowest BCUT2D eigenvalue weighted by Crippen LogP contribution is -2.54. The van der Waals surface area contributed by atoms with Crippen LogP contribution in [0.4, 0.5) is 15.6 Å². The number of fused-ring (bicyclic) bond motifs is 3. The molecule has 44 heavy (non-hydrogen) atoms. The highest BCUT2D eigenvalue weighted by molar-refractivity contribution is 7.16. The lowest BCUT2D eigenvalue weighted by Gasteiger charge is -2.41. The van der Waals surface area contributed by atoms with Crippen LogP contribution in [0.25, 0.3) is 23.3 Å². The smallest absolute Gasteiger partial charge is 0.407 e. The first-order valence-electron chi connectivity index (χ1n) is 14.4. The summed E-state index contributed by atoms with van der Waals surface area (Å²) in [6, 6.07) is 22.8. The van der Waals surface area contributed by atoms with Crippen LogP contribution >= 0.6 is 11.3 Å². The molecule has 224 valence electrons. The second kappa shape index (κ2) is 12.4. The molecule has 1 saturated heterocycles. The molecule has 1 unspecified atom stereocenters. The molecule has 0 bridgehead atoms. The summed E-state index contributed by atoms with van der Waals surface area (Å²) >= 11 is 1.39. The summed E-state index contributed by atoms with van der Waals surface area (Å²) in [4.78, 5) is 44.1. The van der Waals surface area contributed by atoms with E-state index in [9.17, 15) is 24.8 Å². The standard InChI is InChI=1S/C33H31N5O5S/c1-21(39)34-32-35-30(15-12-22-10-13-23(14-11-22)38(42)43)31(44-32)20-36-16-17-37(33(40)41)24(19-36)18-29-27-8-4-2-6-25(27)26-7-3-5-9-28(26)29/h2-15,24,29H,16-20H2,1H3,(H,40,41)(H,34,35,39). The van der Waals surface area contributed by atoms with Gasteiger partial charge in [0.05, 0.1) is 10.6 Å². The molecule has 4 aromatic rings. The van der Waals surface area contributed by atoms with Crippen molar-refractivity contribution in [3.8, 4) is 11.1 Å². The van der Waals surface area contributed by atoms with Crippen LogP contribution in [0.1, 0.15) is 46.5 Å². The van der Waals surface area contributed by atoms with Gasteiger partial charge in [0.2, 0.25) is 5.91 Å². The highest BCUT2D eigenvalue weighted by Crippen LogP contribution is 2.47.